The van der Waals surface area contributed by atoms with E-state index in [0.29, 0.717) is 0 Å². The van der Waals surface area contributed by atoms with E-state index in [1.807, 2.05) is 4.72 Å². The van der Waals surface area contributed by atoms with Crippen LogP contribution in [0.25, 0.3) is 0 Å². The van der Waals surface area contributed by atoms with Gasteiger partial charge in [0.25, 0.3) is 0 Å². The molecule has 1 aromatic rings. The zero-order chi connectivity index (χ0) is 14.8. The van der Waals surface area contributed by atoms with Gasteiger partial charge in [0.05, 0.1) is 10.8 Å². The molecule has 0 saturated heterocycles. The number of carboxylic acids is 1. The maximum absolute atomic E-state index is 11.9. The fourth-order valence-electron chi connectivity index (χ4n) is 1.14. The fraction of sp³-hybridized carbons (Fsp3) is 0.250. The molecule has 0 bridgehead atoms. The first-order valence-corrected chi connectivity index (χ1v) is 7.67. The van der Waals surface area contributed by atoms with Crippen LogP contribution in [0.1, 0.15) is 6.42 Å². The summed E-state index contributed by atoms with van der Waals surface area (Å²) in [6.07, 6.45) is -0.677. The van der Waals surface area contributed by atoms with Crippen LogP contribution in [0.2, 0.25) is 8.67 Å². The summed E-state index contributed by atoms with van der Waals surface area (Å²) in [6.45, 7) is 0. The minimum atomic E-state index is -4.20. The average molecular weight is 347 g/mol. The second-order valence-corrected chi connectivity index (χ2v) is 7.34. The number of hydrogen-bond acceptors (Lipinski definition) is 5. The molecular formula is C8H8Cl2N2O5S2. The molecule has 0 saturated carbocycles. The lowest BCUT2D eigenvalue weighted by Crippen LogP contribution is -2.43. The SMILES string of the molecule is NC(=O)C[C@H](NS(=O)(=O)c1cc(Cl)sc1Cl)C(=O)O. The first-order valence-electron chi connectivity index (χ1n) is 4.61. The van der Waals surface area contributed by atoms with Crippen molar-refractivity contribution < 1.29 is 23.1 Å². The van der Waals surface area contributed by atoms with E-state index in [1.54, 1.807) is 0 Å². The van der Waals surface area contributed by atoms with Crippen molar-refractivity contribution in [3.63, 3.8) is 0 Å². The van der Waals surface area contributed by atoms with Gasteiger partial charge >= 0.3 is 5.97 Å². The van der Waals surface area contributed by atoms with E-state index in [2.05, 4.69) is 0 Å². The van der Waals surface area contributed by atoms with Gasteiger partial charge in [-0.1, -0.05) is 23.2 Å². The number of primary amides is 1. The summed E-state index contributed by atoms with van der Waals surface area (Å²) in [5, 5.41) is 8.82. The van der Waals surface area contributed by atoms with Crippen LogP contribution in [0.15, 0.2) is 11.0 Å². The number of carboxylic acid groups (broad SMARTS) is 1. The maximum atomic E-state index is 11.9. The van der Waals surface area contributed by atoms with Gasteiger partial charge in [0.2, 0.25) is 15.9 Å². The van der Waals surface area contributed by atoms with Crippen molar-refractivity contribution in [1.82, 2.24) is 4.72 Å². The van der Waals surface area contributed by atoms with E-state index >= 15 is 0 Å². The number of halogens is 2. The lowest BCUT2D eigenvalue weighted by molar-refractivity contribution is -0.140. The largest absolute Gasteiger partial charge is 0.480 e. The third kappa shape index (κ3) is 4.32. The third-order valence-corrected chi connectivity index (χ3v) is 5.14. The molecule has 0 aliphatic rings. The highest BCUT2D eigenvalue weighted by Crippen LogP contribution is 2.34. The molecule has 19 heavy (non-hydrogen) atoms. The van der Waals surface area contributed by atoms with Crippen LogP contribution >= 0.6 is 34.5 Å². The van der Waals surface area contributed by atoms with E-state index in [0.717, 1.165) is 17.4 Å². The molecule has 1 aromatic heterocycles. The smallest absolute Gasteiger partial charge is 0.322 e. The monoisotopic (exact) mass is 346 g/mol. The Kier molecular flexibility index (Phi) is 5.16. The van der Waals surface area contributed by atoms with Crippen molar-refractivity contribution in [2.45, 2.75) is 17.4 Å². The molecule has 1 heterocycles. The number of rotatable bonds is 6. The van der Waals surface area contributed by atoms with E-state index in [4.69, 9.17) is 34.0 Å². The van der Waals surface area contributed by atoms with Crippen molar-refractivity contribution in [2.75, 3.05) is 0 Å². The molecular weight excluding hydrogens is 339 g/mol. The van der Waals surface area contributed by atoms with Crippen molar-refractivity contribution >= 4 is 56.4 Å². The molecule has 0 radical (unpaired) electrons. The molecule has 0 aromatic carbocycles. The van der Waals surface area contributed by atoms with Crippen molar-refractivity contribution in [3.8, 4) is 0 Å². The van der Waals surface area contributed by atoms with Crippen LogP contribution < -0.4 is 10.5 Å². The summed E-state index contributed by atoms with van der Waals surface area (Å²) in [5.74, 6) is -2.48. The molecule has 0 aliphatic heterocycles. The molecule has 11 heteroatoms. The van der Waals surface area contributed by atoms with Gasteiger partial charge in [-0.25, -0.2) is 8.42 Å². The van der Waals surface area contributed by atoms with Gasteiger partial charge in [0, 0.05) is 0 Å². The van der Waals surface area contributed by atoms with E-state index in [-0.39, 0.29) is 13.6 Å². The summed E-state index contributed by atoms with van der Waals surface area (Å²) < 4.78 is 25.7. The normalized spacial score (nSPS) is 13.2. The molecule has 1 rings (SSSR count). The molecule has 1 amide bonds. The Balaban J connectivity index is 3.04. The predicted molar refractivity (Wildman–Crippen MR) is 69.9 cm³/mol. The third-order valence-electron chi connectivity index (χ3n) is 1.92. The second kappa shape index (κ2) is 6.06. The lowest BCUT2D eigenvalue weighted by atomic mass is 10.2. The summed E-state index contributed by atoms with van der Waals surface area (Å²) in [6, 6.07) is -0.586. The second-order valence-electron chi connectivity index (χ2n) is 3.37. The van der Waals surface area contributed by atoms with Crippen LogP contribution in [0.4, 0.5) is 0 Å². The summed E-state index contributed by atoms with van der Waals surface area (Å²) in [4.78, 5) is 21.2. The van der Waals surface area contributed by atoms with Gasteiger partial charge in [0.1, 0.15) is 15.3 Å². The number of amides is 1. The number of hydrogen-bond donors (Lipinski definition) is 3. The Bertz CT molecular complexity index is 613. The molecule has 0 fully saturated rings. The highest BCUT2D eigenvalue weighted by molar-refractivity contribution is 7.89. The van der Waals surface area contributed by atoms with Crippen LogP contribution in [-0.4, -0.2) is 31.4 Å². The number of thiophene rings is 1. The number of carbonyl (C=O) groups is 2. The van der Waals surface area contributed by atoms with Gasteiger partial charge in [-0.05, 0) is 6.07 Å². The van der Waals surface area contributed by atoms with Crippen molar-refractivity contribution in [3.05, 3.63) is 14.7 Å². The van der Waals surface area contributed by atoms with Gasteiger partial charge in [-0.3, -0.25) is 9.59 Å². The number of aliphatic carboxylic acids is 1. The van der Waals surface area contributed by atoms with Gasteiger partial charge < -0.3 is 10.8 Å². The Hall–Kier alpha value is -0.870. The minimum absolute atomic E-state index is 0.110. The Morgan fingerprint density at radius 3 is 2.42 bits per heavy atom. The number of nitrogens with two attached hydrogens (primary N) is 1. The zero-order valence-electron chi connectivity index (χ0n) is 9.09. The summed E-state index contributed by atoms with van der Waals surface area (Å²) in [7, 11) is -4.20. The minimum Gasteiger partial charge on any atom is -0.480 e. The van der Waals surface area contributed by atoms with Gasteiger partial charge in [-0.15, -0.1) is 11.3 Å². The maximum Gasteiger partial charge on any atom is 0.322 e. The molecule has 0 aliphatic carbocycles. The molecule has 0 spiro atoms. The molecule has 1 atom stereocenters. The van der Waals surface area contributed by atoms with E-state index < -0.39 is 34.4 Å². The van der Waals surface area contributed by atoms with E-state index in [9.17, 15) is 18.0 Å². The molecule has 7 nitrogen and oxygen atoms in total. The topological polar surface area (TPSA) is 127 Å². The number of nitrogens with one attached hydrogen (secondary N) is 1. The first-order chi connectivity index (χ1) is 8.63. The summed E-state index contributed by atoms with van der Waals surface area (Å²) in [5.41, 5.74) is 4.84. The Morgan fingerprint density at radius 1 is 1.47 bits per heavy atom. The first kappa shape index (κ1) is 16.2. The Labute approximate surface area is 122 Å². The highest BCUT2D eigenvalue weighted by Gasteiger charge is 2.29. The van der Waals surface area contributed by atoms with Crippen LogP contribution in [-0.2, 0) is 19.6 Å². The van der Waals surface area contributed by atoms with Crippen LogP contribution in [0, 0.1) is 0 Å². The number of sulfonamides is 1. The van der Waals surface area contributed by atoms with Gasteiger partial charge in [-0.2, -0.15) is 4.72 Å². The van der Waals surface area contributed by atoms with Crippen molar-refractivity contribution in [1.29, 1.82) is 0 Å². The van der Waals surface area contributed by atoms with Crippen LogP contribution in [0.3, 0.4) is 0 Å². The standard InChI is InChI=1S/C8H8Cl2N2O5S2/c9-5-2-4(7(10)18-5)19(16,17)12-3(8(14)15)1-6(11)13/h2-3,12H,1H2,(H2,11,13)(H,14,15)/t3-/m0/s1. The molecule has 106 valence electrons. The molecule has 4 N–H and O–H groups in total. The van der Waals surface area contributed by atoms with Gasteiger partial charge in [0.15, 0.2) is 0 Å². The average Bonchev–Trinajstić information content (AvgIpc) is 2.56. The lowest BCUT2D eigenvalue weighted by Gasteiger charge is -2.12. The highest BCUT2D eigenvalue weighted by atomic mass is 35.5. The van der Waals surface area contributed by atoms with E-state index in [1.165, 1.54) is 0 Å². The van der Waals surface area contributed by atoms with Crippen LogP contribution in [0.5, 0.6) is 0 Å². The Morgan fingerprint density at radius 2 is 2.05 bits per heavy atom. The fourth-order valence-corrected chi connectivity index (χ4v) is 4.48. The predicted octanol–water partition coefficient (Wildman–Crippen LogP) is 0.662. The zero-order valence-corrected chi connectivity index (χ0v) is 12.2. The van der Waals surface area contributed by atoms with Crippen molar-refractivity contribution in [2.24, 2.45) is 5.73 Å². The summed E-state index contributed by atoms with van der Waals surface area (Å²) >= 11 is 12.1. The number of carbonyl (C=O) groups excluding carboxylic acids is 1. The quantitative estimate of drug-likeness (QED) is 0.697. The molecule has 0 unspecified atom stereocenters.